The topological polar surface area (TPSA) is 29.5 Å². The van der Waals surface area contributed by atoms with Crippen LogP contribution >= 0.6 is 0 Å². The Labute approximate surface area is 112 Å². The van der Waals surface area contributed by atoms with Gasteiger partial charge in [-0.3, -0.25) is 9.69 Å². The SMILES string of the molecule is O=C(CN1CCOC2CCCC21)c1cccc(F)c1. The van der Waals surface area contributed by atoms with Crippen LogP contribution in [-0.2, 0) is 4.74 Å². The zero-order chi connectivity index (χ0) is 13.2. The smallest absolute Gasteiger partial charge is 0.176 e. The molecule has 2 unspecified atom stereocenters. The van der Waals surface area contributed by atoms with Crippen molar-refractivity contribution in [3.8, 4) is 0 Å². The first-order chi connectivity index (χ1) is 9.24. The van der Waals surface area contributed by atoms with Gasteiger partial charge in [0.2, 0.25) is 0 Å². The van der Waals surface area contributed by atoms with E-state index < -0.39 is 0 Å². The summed E-state index contributed by atoms with van der Waals surface area (Å²) in [4.78, 5) is 14.4. The van der Waals surface area contributed by atoms with Crippen molar-refractivity contribution in [2.24, 2.45) is 0 Å². The van der Waals surface area contributed by atoms with Crippen molar-refractivity contribution in [3.63, 3.8) is 0 Å². The van der Waals surface area contributed by atoms with E-state index in [1.807, 2.05) is 0 Å². The van der Waals surface area contributed by atoms with E-state index >= 15 is 0 Å². The summed E-state index contributed by atoms with van der Waals surface area (Å²) >= 11 is 0. The maximum absolute atomic E-state index is 13.1. The van der Waals surface area contributed by atoms with Gasteiger partial charge in [-0.05, 0) is 31.4 Å². The summed E-state index contributed by atoms with van der Waals surface area (Å²) in [5, 5.41) is 0. The normalized spacial score (nSPS) is 27.2. The van der Waals surface area contributed by atoms with E-state index in [0.717, 1.165) is 19.4 Å². The maximum Gasteiger partial charge on any atom is 0.176 e. The standard InChI is InChI=1S/C15H18FNO2/c16-12-4-1-3-11(9-12)14(18)10-17-7-8-19-15-6-2-5-13(15)17/h1,3-4,9,13,15H,2,5-8,10H2. The van der Waals surface area contributed by atoms with E-state index in [1.165, 1.54) is 18.6 Å². The van der Waals surface area contributed by atoms with Crippen LogP contribution in [0.3, 0.4) is 0 Å². The van der Waals surface area contributed by atoms with Crippen LogP contribution in [0.25, 0.3) is 0 Å². The molecular weight excluding hydrogens is 245 g/mol. The summed E-state index contributed by atoms with van der Waals surface area (Å²) in [5.74, 6) is -0.362. The van der Waals surface area contributed by atoms with Gasteiger partial charge in [-0.15, -0.1) is 0 Å². The van der Waals surface area contributed by atoms with Gasteiger partial charge in [-0.1, -0.05) is 12.1 Å². The van der Waals surface area contributed by atoms with Crippen LogP contribution < -0.4 is 0 Å². The highest BCUT2D eigenvalue weighted by Crippen LogP contribution is 2.29. The van der Waals surface area contributed by atoms with Gasteiger partial charge in [0.15, 0.2) is 5.78 Å². The van der Waals surface area contributed by atoms with Crippen LogP contribution in [0, 0.1) is 5.82 Å². The Morgan fingerprint density at radius 1 is 1.42 bits per heavy atom. The van der Waals surface area contributed by atoms with Crippen LogP contribution in [0.15, 0.2) is 24.3 Å². The van der Waals surface area contributed by atoms with E-state index in [0.29, 0.717) is 24.8 Å². The highest BCUT2D eigenvalue weighted by atomic mass is 19.1. The third-order valence-electron chi connectivity index (χ3n) is 4.09. The van der Waals surface area contributed by atoms with Crippen LogP contribution in [0.1, 0.15) is 29.6 Å². The second-order valence-corrected chi connectivity index (χ2v) is 5.31. The highest BCUT2D eigenvalue weighted by molar-refractivity contribution is 5.97. The first-order valence-electron chi connectivity index (χ1n) is 6.88. The van der Waals surface area contributed by atoms with E-state index in [1.54, 1.807) is 12.1 Å². The molecule has 0 N–H and O–H groups in total. The number of benzene rings is 1. The van der Waals surface area contributed by atoms with Gasteiger partial charge in [0.1, 0.15) is 5.82 Å². The van der Waals surface area contributed by atoms with Crippen molar-refractivity contribution in [2.45, 2.75) is 31.4 Å². The molecule has 2 aliphatic rings. The summed E-state index contributed by atoms with van der Waals surface area (Å²) in [7, 11) is 0. The minimum atomic E-state index is -0.355. The van der Waals surface area contributed by atoms with E-state index in [-0.39, 0.29) is 17.7 Å². The Morgan fingerprint density at radius 3 is 3.16 bits per heavy atom. The molecular formula is C15H18FNO2. The molecule has 1 aliphatic carbocycles. The minimum absolute atomic E-state index is 0.00736. The predicted molar refractivity (Wildman–Crippen MR) is 69.7 cm³/mol. The van der Waals surface area contributed by atoms with Crippen LogP contribution in [0.4, 0.5) is 4.39 Å². The highest BCUT2D eigenvalue weighted by Gasteiger charge is 2.36. The number of Topliss-reactive ketones (excluding diaryl/α,β-unsaturated/α-hetero) is 1. The third kappa shape index (κ3) is 2.69. The number of morpholine rings is 1. The molecule has 19 heavy (non-hydrogen) atoms. The van der Waals surface area contributed by atoms with Crippen molar-refractivity contribution in [1.82, 2.24) is 4.90 Å². The Balaban J connectivity index is 1.69. The lowest BCUT2D eigenvalue weighted by Gasteiger charge is -2.37. The van der Waals surface area contributed by atoms with E-state index in [9.17, 15) is 9.18 Å². The first kappa shape index (κ1) is 12.8. The lowest BCUT2D eigenvalue weighted by molar-refractivity contribution is -0.0522. The molecule has 0 aromatic heterocycles. The number of rotatable bonds is 3. The molecule has 1 saturated heterocycles. The zero-order valence-electron chi connectivity index (χ0n) is 10.8. The van der Waals surface area contributed by atoms with Crippen molar-refractivity contribution >= 4 is 5.78 Å². The molecule has 1 heterocycles. The Bertz CT molecular complexity index is 477. The number of hydrogen-bond donors (Lipinski definition) is 0. The largest absolute Gasteiger partial charge is 0.375 e. The molecule has 102 valence electrons. The molecule has 0 bridgehead atoms. The summed E-state index contributed by atoms with van der Waals surface area (Å²) in [5.41, 5.74) is 0.459. The van der Waals surface area contributed by atoms with Crippen LogP contribution in [0.5, 0.6) is 0 Å². The summed E-state index contributed by atoms with van der Waals surface area (Å²) in [6, 6.07) is 6.30. The number of hydrogen-bond acceptors (Lipinski definition) is 3. The minimum Gasteiger partial charge on any atom is -0.375 e. The second-order valence-electron chi connectivity index (χ2n) is 5.31. The number of halogens is 1. The molecule has 3 nitrogen and oxygen atoms in total. The molecule has 1 aliphatic heterocycles. The van der Waals surface area contributed by atoms with E-state index in [2.05, 4.69) is 4.90 Å². The lowest BCUT2D eigenvalue weighted by atomic mass is 10.1. The fourth-order valence-corrected chi connectivity index (χ4v) is 3.14. The third-order valence-corrected chi connectivity index (χ3v) is 4.09. The number of nitrogens with zero attached hydrogens (tertiary/aromatic N) is 1. The Kier molecular flexibility index (Phi) is 3.62. The van der Waals surface area contributed by atoms with Gasteiger partial charge < -0.3 is 4.74 Å². The molecule has 4 heteroatoms. The molecule has 1 aromatic rings. The Hall–Kier alpha value is -1.26. The monoisotopic (exact) mass is 263 g/mol. The van der Waals surface area contributed by atoms with Gasteiger partial charge in [0.05, 0.1) is 19.3 Å². The average Bonchev–Trinajstić information content (AvgIpc) is 2.88. The fraction of sp³-hybridized carbons (Fsp3) is 0.533. The number of ether oxygens (including phenoxy) is 1. The van der Waals surface area contributed by atoms with Gasteiger partial charge in [-0.2, -0.15) is 0 Å². The zero-order valence-corrected chi connectivity index (χ0v) is 10.8. The first-order valence-corrected chi connectivity index (χ1v) is 6.88. The number of carbonyl (C=O) groups excluding carboxylic acids is 1. The molecule has 1 saturated carbocycles. The maximum atomic E-state index is 13.1. The molecule has 0 spiro atoms. The van der Waals surface area contributed by atoms with Gasteiger partial charge >= 0.3 is 0 Å². The molecule has 2 atom stereocenters. The van der Waals surface area contributed by atoms with Crippen LogP contribution in [-0.4, -0.2) is 42.5 Å². The molecule has 2 fully saturated rings. The number of ketones is 1. The lowest BCUT2D eigenvalue weighted by Crippen LogP contribution is -2.50. The second kappa shape index (κ2) is 5.39. The predicted octanol–water partition coefficient (Wildman–Crippen LogP) is 2.26. The van der Waals surface area contributed by atoms with Gasteiger partial charge in [0, 0.05) is 18.2 Å². The summed E-state index contributed by atoms with van der Waals surface area (Å²) in [6.07, 6.45) is 3.64. The summed E-state index contributed by atoms with van der Waals surface area (Å²) in [6.45, 7) is 1.85. The Morgan fingerprint density at radius 2 is 2.32 bits per heavy atom. The van der Waals surface area contributed by atoms with Crippen LogP contribution in [0.2, 0.25) is 0 Å². The van der Waals surface area contributed by atoms with Crippen molar-refractivity contribution in [1.29, 1.82) is 0 Å². The fourth-order valence-electron chi connectivity index (χ4n) is 3.14. The number of carbonyl (C=O) groups is 1. The molecule has 0 radical (unpaired) electrons. The molecule has 3 rings (SSSR count). The van der Waals surface area contributed by atoms with Gasteiger partial charge in [-0.25, -0.2) is 4.39 Å². The average molecular weight is 263 g/mol. The van der Waals surface area contributed by atoms with E-state index in [4.69, 9.17) is 4.74 Å². The van der Waals surface area contributed by atoms with Crippen molar-refractivity contribution in [2.75, 3.05) is 19.7 Å². The quantitative estimate of drug-likeness (QED) is 0.783. The summed E-state index contributed by atoms with van der Waals surface area (Å²) < 4.78 is 18.9. The molecule has 0 amide bonds. The van der Waals surface area contributed by atoms with Crippen molar-refractivity contribution < 1.29 is 13.9 Å². The van der Waals surface area contributed by atoms with Crippen molar-refractivity contribution in [3.05, 3.63) is 35.6 Å². The number of fused-ring (bicyclic) bond motifs is 1. The van der Waals surface area contributed by atoms with Gasteiger partial charge in [0.25, 0.3) is 0 Å². The molecule has 1 aromatic carbocycles.